The quantitative estimate of drug-likeness (QED) is 0.462. The van der Waals surface area contributed by atoms with Gasteiger partial charge in [0.1, 0.15) is 0 Å². The number of carbonyl (C=O) groups is 2. The Bertz CT molecular complexity index is 530. The van der Waals surface area contributed by atoms with Gasteiger partial charge in [-0.15, -0.1) is 12.3 Å². The minimum Gasteiger partial charge on any atom is -0.462 e. The first-order valence-corrected chi connectivity index (χ1v) is 7.27. The summed E-state index contributed by atoms with van der Waals surface area (Å²) in [6, 6.07) is 6.81. The fraction of sp³-hybridized carbons (Fsp3) is 0.412. The zero-order chi connectivity index (χ0) is 16.4. The van der Waals surface area contributed by atoms with E-state index in [-0.39, 0.29) is 18.0 Å². The first kappa shape index (κ1) is 17.6. The van der Waals surface area contributed by atoms with Crippen LogP contribution in [0.2, 0.25) is 0 Å². The van der Waals surface area contributed by atoms with Gasteiger partial charge in [-0.25, -0.2) is 9.59 Å². The van der Waals surface area contributed by atoms with Crippen molar-refractivity contribution in [1.29, 1.82) is 0 Å². The summed E-state index contributed by atoms with van der Waals surface area (Å²) < 4.78 is 5.10. The Morgan fingerprint density at radius 3 is 2.55 bits per heavy atom. The van der Waals surface area contributed by atoms with Crippen LogP contribution in [0.15, 0.2) is 24.3 Å². The molecule has 0 spiro atoms. The largest absolute Gasteiger partial charge is 0.462 e. The van der Waals surface area contributed by atoms with E-state index >= 15 is 0 Å². The van der Waals surface area contributed by atoms with Gasteiger partial charge in [0.15, 0.2) is 0 Å². The van der Waals surface area contributed by atoms with Gasteiger partial charge < -0.3 is 15.4 Å². The van der Waals surface area contributed by atoms with Gasteiger partial charge in [-0.05, 0) is 38.0 Å². The van der Waals surface area contributed by atoms with Crippen LogP contribution in [0.4, 0.5) is 4.79 Å². The highest BCUT2D eigenvalue weighted by Gasteiger charge is 2.07. The summed E-state index contributed by atoms with van der Waals surface area (Å²) in [5.74, 6) is 2.13. The number of urea groups is 1. The Hall–Kier alpha value is -2.48. The molecule has 0 aromatic heterocycles. The lowest BCUT2D eigenvalue weighted by atomic mass is 10.1. The number of esters is 1. The molecule has 0 saturated heterocycles. The summed E-state index contributed by atoms with van der Waals surface area (Å²) in [7, 11) is 0. The molecule has 2 amide bonds. The molecule has 0 bridgehead atoms. The normalized spacial score (nSPS) is 9.91. The van der Waals surface area contributed by atoms with E-state index in [1.165, 1.54) is 0 Å². The lowest BCUT2D eigenvalue weighted by Gasteiger charge is -2.10. The summed E-state index contributed by atoms with van der Waals surface area (Å²) in [6.45, 7) is 4.50. The van der Waals surface area contributed by atoms with Crippen molar-refractivity contribution >= 4 is 12.0 Å². The van der Waals surface area contributed by atoms with E-state index in [4.69, 9.17) is 11.2 Å². The molecule has 5 heteroatoms. The number of unbranched alkanes of at least 4 members (excludes halogenated alkanes) is 1. The zero-order valence-corrected chi connectivity index (χ0v) is 13.0. The molecular weight excluding hydrogens is 280 g/mol. The molecule has 0 aliphatic rings. The third-order valence-electron chi connectivity index (χ3n) is 2.76. The Kier molecular flexibility index (Phi) is 7.55. The van der Waals surface area contributed by atoms with Crippen molar-refractivity contribution in [3.05, 3.63) is 35.4 Å². The number of benzene rings is 1. The number of hydrogen-bond acceptors (Lipinski definition) is 3. The molecule has 0 fully saturated rings. The minimum absolute atomic E-state index is 0.0895. The van der Waals surface area contributed by atoms with E-state index in [9.17, 15) is 9.59 Å². The van der Waals surface area contributed by atoms with Gasteiger partial charge in [-0.2, -0.15) is 0 Å². The van der Waals surface area contributed by atoms with E-state index in [2.05, 4.69) is 16.6 Å². The van der Waals surface area contributed by atoms with Crippen molar-refractivity contribution in [3.8, 4) is 12.3 Å². The number of hydrogen-bond donors (Lipinski definition) is 2. The Balaban J connectivity index is 2.41. The van der Waals surface area contributed by atoms with Crippen molar-refractivity contribution in [3.63, 3.8) is 0 Å². The predicted octanol–water partition coefficient (Wildman–Crippen LogP) is 2.46. The summed E-state index contributed by atoms with van der Waals surface area (Å²) >= 11 is 0. The van der Waals surface area contributed by atoms with E-state index in [0.717, 1.165) is 5.56 Å². The fourth-order valence-corrected chi connectivity index (χ4v) is 1.68. The van der Waals surface area contributed by atoms with Crippen molar-refractivity contribution in [2.24, 2.45) is 0 Å². The molecule has 0 saturated carbocycles. The first-order valence-electron chi connectivity index (χ1n) is 7.27. The molecule has 1 rings (SSSR count). The van der Waals surface area contributed by atoms with Gasteiger partial charge in [0, 0.05) is 19.0 Å². The summed E-state index contributed by atoms with van der Waals surface area (Å²) in [4.78, 5) is 23.2. The van der Waals surface area contributed by atoms with E-state index in [1.807, 2.05) is 13.8 Å². The van der Waals surface area contributed by atoms with Crippen molar-refractivity contribution in [2.45, 2.75) is 39.3 Å². The van der Waals surface area contributed by atoms with Gasteiger partial charge in [-0.3, -0.25) is 0 Å². The van der Waals surface area contributed by atoms with Crippen molar-refractivity contribution in [1.82, 2.24) is 10.6 Å². The molecule has 2 N–H and O–H groups in total. The molecule has 0 radical (unpaired) electrons. The smallest absolute Gasteiger partial charge is 0.338 e. The lowest BCUT2D eigenvalue weighted by Crippen LogP contribution is -2.39. The van der Waals surface area contributed by atoms with Gasteiger partial charge in [0.25, 0.3) is 0 Å². The van der Waals surface area contributed by atoms with Crippen LogP contribution < -0.4 is 10.6 Å². The second kappa shape index (κ2) is 9.46. The summed E-state index contributed by atoms with van der Waals surface area (Å²) in [5, 5.41) is 5.48. The predicted molar refractivity (Wildman–Crippen MR) is 85.3 cm³/mol. The Labute approximate surface area is 131 Å². The molecule has 118 valence electrons. The topological polar surface area (TPSA) is 67.4 Å². The summed E-state index contributed by atoms with van der Waals surface area (Å²) in [6.07, 6.45) is 6.38. The maximum Gasteiger partial charge on any atom is 0.338 e. The zero-order valence-electron chi connectivity index (χ0n) is 13.0. The van der Waals surface area contributed by atoms with Crippen LogP contribution in [0.3, 0.4) is 0 Å². The van der Waals surface area contributed by atoms with Gasteiger partial charge in [-0.1, -0.05) is 12.1 Å². The number of carbonyl (C=O) groups excluding carboxylic acids is 2. The van der Waals surface area contributed by atoms with Crippen LogP contribution >= 0.6 is 0 Å². The maximum absolute atomic E-state index is 11.8. The number of rotatable bonds is 7. The molecule has 22 heavy (non-hydrogen) atoms. The molecule has 1 aromatic carbocycles. The number of amides is 2. The molecule has 0 aliphatic heterocycles. The van der Waals surface area contributed by atoms with Crippen LogP contribution in [0.5, 0.6) is 0 Å². The van der Waals surface area contributed by atoms with Gasteiger partial charge >= 0.3 is 12.0 Å². The molecule has 1 aromatic rings. The second-order valence-corrected chi connectivity index (χ2v) is 5.12. The van der Waals surface area contributed by atoms with Crippen molar-refractivity contribution in [2.75, 3.05) is 6.61 Å². The van der Waals surface area contributed by atoms with Crippen LogP contribution in [-0.2, 0) is 11.3 Å². The molecule has 5 nitrogen and oxygen atoms in total. The third-order valence-corrected chi connectivity index (χ3v) is 2.76. The van der Waals surface area contributed by atoms with Gasteiger partial charge in [0.2, 0.25) is 0 Å². The average molecular weight is 302 g/mol. The van der Waals surface area contributed by atoms with Crippen LogP contribution in [0.1, 0.15) is 42.6 Å². The fourth-order valence-electron chi connectivity index (χ4n) is 1.68. The molecule has 0 heterocycles. The standard InChI is InChI=1S/C17H22N2O3/c1-4-5-6-11-22-16(20)15-9-7-14(8-10-15)12-18-17(21)19-13(2)3/h1,7-10,13H,5-6,11-12H2,2-3H3,(H2,18,19,21). The SMILES string of the molecule is C#CCCCOC(=O)c1ccc(CNC(=O)NC(C)C)cc1. The number of nitrogens with one attached hydrogen (secondary N) is 2. The Morgan fingerprint density at radius 2 is 1.95 bits per heavy atom. The second-order valence-electron chi connectivity index (χ2n) is 5.12. The van der Waals surface area contributed by atoms with Crippen molar-refractivity contribution < 1.29 is 14.3 Å². The third kappa shape index (κ3) is 6.80. The maximum atomic E-state index is 11.8. The molecule has 0 unspecified atom stereocenters. The van der Waals surface area contributed by atoms with Crippen LogP contribution in [-0.4, -0.2) is 24.6 Å². The first-order chi connectivity index (χ1) is 10.5. The Morgan fingerprint density at radius 1 is 1.27 bits per heavy atom. The highest BCUT2D eigenvalue weighted by Crippen LogP contribution is 2.06. The number of ether oxygens (including phenoxy) is 1. The highest BCUT2D eigenvalue weighted by molar-refractivity contribution is 5.89. The van der Waals surface area contributed by atoms with E-state index in [0.29, 0.717) is 31.6 Å². The van der Waals surface area contributed by atoms with E-state index < -0.39 is 0 Å². The minimum atomic E-state index is -0.367. The van der Waals surface area contributed by atoms with Crippen LogP contribution in [0, 0.1) is 12.3 Å². The van der Waals surface area contributed by atoms with Gasteiger partial charge in [0.05, 0.1) is 12.2 Å². The molecular formula is C17H22N2O3. The molecule has 0 aliphatic carbocycles. The lowest BCUT2D eigenvalue weighted by molar-refractivity contribution is 0.0502. The van der Waals surface area contributed by atoms with Crippen LogP contribution in [0.25, 0.3) is 0 Å². The highest BCUT2D eigenvalue weighted by atomic mass is 16.5. The number of terminal acetylenes is 1. The monoisotopic (exact) mass is 302 g/mol. The summed E-state index contributed by atoms with van der Waals surface area (Å²) in [5.41, 5.74) is 1.39. The van der Waals surface area contributed by atoms with E-state index in [1.54, 1.807) is 24.3 Å². The average Bonchev–Trinajstić information content (AvgIpc) is 2.49. The molecule has 0 atom stereocenters.